The summed E-state index contributed by atoms with van der Waals surface area (Å²) in [7, 11) is 0. The van der Waals surface area contributed by atoms with Crippen molar-refractivity contribution >= 4 is 16.8 Å². The van der Waals surface area contributed by atoms with Gasteiger partial charge < -0.3 is 13.9 Å². The van der Waals surface area contributed by atoms with E-state index in [1.54, 1.807) is 6.92 Å². The summed E-state index contributed by atoms with van der Waals surface area (Å²) in [4.78, 5) is 14.7. The van der Waals surface area contributed by atoms with E-state index in [-0.39, 0.29) is 5.91 Å². The molecular weight excluding hydrogens is 304 g/mol. The molecule has 6 nitrogen and oxygen atoms in total. The Kier molecular flexibility index (Phi) is 3.80. The molecule has 24 heavy (non-hydrogen) atoms. The lowest BCUT2D eigenvalue weighted by Gasteiger charge is -2.27. The van der Waals surface area contributed by atoms with Crippen molar-refractivity contribution < 1.29 is 9.21 Å². The normalized spacial score (nSPS) is 15.1. The molecule has 1 fully saturated rings. The predicted octanol–water partition coefficient (Wildman–Crippen LogP) is 3.01. The first-order valence-electron chi connectivity index (χ1n) is 8.39. The number of hydrogen-bond acceptors (Lipinski definition) is 4. The van der Waals surface area contributed by atoms with Gasteiger partial charge >= 0.3 is 0 Å². The average molecular weight is 324 g/mol. The van der Waals surface area contributed by atoms with Gasteiger partial charge in [0, 0.05) is 30.9 Å². The highest BCUT2D eigenvalue weighted by Gasteiger charge is 2.21. The number of aromatic nitrogens is 3. The van der Waals surface area contributed by atoms with Crippen LogP contribution in [-0.2, 0) is 11.3 Å². The van der Waals surface area contributed by atoms with Crippen LogP contribution < -0.4 is 0 Å². The first-order chi connectivity index (χ1) is 11.7. The first kappa shape index (κ1) is 14.9. The fraction of sp³-hybridized carbons (Fsp3) is 0.389. The molecule has 3 heterocycles. The maximum Gasteiger partial charge on any atom is 0.264 e. The Labute approximate surface area is 140 Å². The van der Waals surface area contributed by atoms with Crippen LogP contribution in [0.25, 0.3) is 22.5 Å². The number of nitrogens with zero attached hydrogens (tertiary/aromatic N) is 4. The molecule has 0 bridgehead atoms. The van der Waals surface area contributed by atoms with Crippen molar-refractivity contribution in [1.29, 1.82) is 0 Å². The third-order valence-corrected chi connectivity index (χ3v) is 4.56. The van der Waals surface area contributed by atoms with Crippen LogP contribution in [0, 0.1) is 6.92 Å². The molecule has 0 unspecified atom stereocenters. The van der Waals surface area contributed by atoms with Crippen molar-refractivity contribution in [2.45, 2.75) is 32.7 Å². The van der Waals surface area contributed by atoms with Gasteiger partial charge in [0.15, 0.2) is 0 Å². The van der Waals surface area contributed by atoms with Gasteiger partial charge in [0.25, 0.3) is 5.89 Å². The Bertz CT molecular complexity index is 874. The fourth-order valence-corrected chi connectivity index (χ4v) is 3.34. The van der Waals surface area contributed by atoms with Gasteiger partial charge in [-0.05, 0) is 31.4 Å². The molecular formula is C18H20N4O2. The van der Waals surface area contributed by atoms with E-state index < -0.39 is 0 Å². The molecule has 4 rings (SSSR count). The summed E-state index contributed by atoms with van der Waals surface area (Å²) in [5.41, 5.74) is 1.80. The van der Waals surface area contributed by atoms with E-state index in [9.17, 15) is 4.79 Å². The summed E-state index contributed by atoms with van der Waals surface area (Å²) in [6, 6.07) is 10.0. The van der Waals surface area contributed by atoms with Crippen LogP contribution >= 0.6 is 0 Å². The first-order valence-corrected chi connectivity index (χ1v) is 8.39. The van der Waals surface area contributed by atoms with E-state index in [1.165, 1.54) is 6.42 Å². The molecule has 0 radical (unpaired) electrons. The number of piperidine rings is 1. The second-order valence-electron chi connectivity index (χ2n) is 6.24. The minimum atomic E-state index is 0.147. The molecule has 1 aromatic carbocycles. The Morgan fingerprint density at radius 1 is 1.17 bits per heavy atom. The van der Waals surface area contributed by atoms with E-state index in [4.69, 9.17) is 4.42 Å². The number of amides is 1. The van der Waals surface area contributed by atoms with Crippen LogP contribution in [0.5, 0.6) is 0 Å². The number of fused-ring (bicyclic) bond motifs is 1. The number of aryl methyl sites for hydroxylation is 1. The van der Waals surface area contributed by atoms with Crippen LogP contribution in [0.1, 0.15) is 25.2 Å². The van der Waals surface area contributed by atoms with E-state index in [2.05, 4.69) is 10.2 Å². The van der Waals surface area contributed by atoms with Gasteiger partial charge in [0.1, 0.15) is 12.2 Å². The molecule has 6 heteroatoms. The van der Waals surface area contributed by atoms with Gasteiger partial charge in [-0.1, -0.05) is 18.2 Å². The molecule has 0 atom stereocenters. The van der Waals surface area contributed by atoms with E-state index >= 15 is 0 Å². The molecule has 1 aliphatic heterocycles. The topological polar surface area (TPSA) is 64.2 Å². The lowest BCUT2D eigenvalue weighted by Crippen LogP contribution is -2.37. The van der Waals surface area contributed by atoms with Crippen molar-refractivity contribution in [2.24, 2.45) is 0 Å². The molecule has 1 aliphatic rings. The number of rotatable bonds is 3. The Hall–Kier alpha value is -2.63. The van der Waals surface area contributed by atoms with Crippen molar-refractivity contribution in [3.05, 3.63) is 36.2 Å². The summed E-state index contributed by atoms with van der Waals surface area (Å²) >= 11 is 0. The standard InChI is InChI=1S/C18H20N4O2/c1-13-19-20-18(24-13)16-11-14-7-3-4-8-15(14)22(16)12-17(23)21-9-5-2-6-10-21/h3-4,7-8,11H,2,5-6,9-10,12H2,1H3. The maximum atomic E-state index is 12.7. The van der Waals surface area contributed by atoms with Gasteiger partial charge in [0.05, 0.1) is 0 Å². The SMILES string of the molecule is Cc1nnc(-c2cc3ccccc3n2CC(=O)N2CCCCC2)o1. The number of benzene rings is 1. The van der Waals surface area contributed by atoms with Crippen molar-refractivity contribution in [2.75, 3.05) is 13.1 Å². The fourth-order valence-electron chi connectivity index (χ4n) is 3.34. The van der Waals surface area contributed by atoms with E-state index in [1.807, 2.05) is 39.8 Å². The van der Waals surface area contributed by atoms with Gasteiger partial charge in [-0.25, -0.2) is 0 Å². The quantitative estimate of drug-likeness (QED) is 0.743. The lowest BCUT2D eigenvalue weighted by molar-refractivity contribution is -0.132. The Balaban J connectivity index is 1.73. The number of para-hydroxylation sites is 1. The zero-order valence-electron chi connectivity index (χ0n) is 13.7. The summed E-state index contributed by atoms with van der Waals surface area (Å²) in [5, 5.41) is 9.11. The van der Waals surface area contributed by atoms with E-state index in [0.717, 1.165) is 42.5 Å². The number of hydrogen-bond donors (Lipinski definition) is 0. The van der Waals surface area contributed by atoms with Crippen molar-refractivity contribution in [1.82, 2.24) is 19.7 Å². The van der Waals surface area contributed by atoms with Crippen LogP contribution in [0.15, 0.2) is 34.7 Å². The molecule has 1 saturated heterocycles. The third-order valence-electron chi connectivity index (χ3n) is 4.56. The number of likely N-dealkylation sites (tertiary alicyclic amines) is 1. The molecule has 3 aromatic rings. The molecule has 124 valence electrons. The second-order valence-corrected chi connectivity index (χ2v) is 6.24. The molecule has 1 amide bonds. The monoisotopic (exact) mass is 324 g/mol. The molecule has 0 N–H and O–H groups in total. The number of carbonyl (C=O) groups excluding carboxylic acids is 1. The lowest BCUT2D eigenvalue weighted by atomic mass is 10.1. The Morgan fingerprint density at radius 3 is 2.71 bits per heavy atom. The molecule has 0 saturated carbocycles. The van der Waals surface area contributed by atoms with E-state index in [0.29, 0.717) is 18.3 Å². The van der Waals surface area contributed by atoms with Crippen LogP contribution in [0.2, 0.25) is 0 Å². The Morgan fingerprint density at radius 2 is 1.96 bits per heavy atom. The largest absolute Gasteiger partial charge is 0.420 e. The van der Waals surface area contributed by atoms with Crippen LogP contribution in [0.3, 0.4) is 0 Å². The van der Waals surface area contributed by atoms with Crippen molar-refractivity contribution in [3.63, 3.8) is 0 Å². The van der Waals surface area contributed by atoms with Gasteiger partial charge in [-0.15, -0.1) is 10.2 Å². The average Bonchev–Trinajstić information content (AvgIpc) is 3.20. The summed E-state index contributed by atoms with van der Waals surface area (Å²) in [5.74, 6) is 1.12. The zero-order chi connectivity index (χ0) is 16.5. The summed E-state index contributed by atoms with van der Waals surface area (Å²) in [6.45, 7) is 3.77. The zero-order valence-corrected chi connectivity index (χ0v) is 13.7. The molecule has 0 spiro atoms. The van der Waals surface area contributed by atoms with Gasteiger partial charge in [-0.2, -0.15) is 0 Å². The predicted molar refractivity (Wildman–Crippen MR) is 90.4 cm³/mol. The maximum absolute atomic E-state index is 12.7. The minimum absolute atomic E-state index is 0.147. The van der Waals surface area contributed by atoms with Gasteiger partial charge in [-0.3, -0.25) is 4.79 Å². The smallest absolute Gasteiger partial charge is 0.264 e. The van der Waals surface area contributed by atoms with Gasteiger partial charge in [0.2, 0.25) is 11.8 Å². The highest BCUT2D eigenvalue weighted by atomic mass is 16.4. The van der Waals surface area contributed by atoms with Crippen LogP contribution in [-0.4, -0.2) is 38.7 Å². The minimum Gasteiger partial charge on any atom is -0.420 e. The number of carbonyl (C=O) groups is 1. The highest BCUT2D eigenvalue weighted by Crippen LogP contribution is 2.27. The summed E-state index contributed by atoms with van der Waals surface area (Å²) in [6.07, 6.45) is 3.39. The molecule has 2 aromatic heterocycles. The second kappa shape index (κ2) is 6.11. The van der Waals surface area contributed by atoms with Crippen molar-refractivity contribution in [3.8, 4) is 11.6 Å². The van der Waals surface area contributed by atoms with Crippen LogP contribution in [0.4, 0.5) is 0 Å². The highest BCUT2D eigenvalue weighted by molar-refractivity contribution is 5.88. The molecule has 0 aliphatic carbocycles. The summed E-state index contributed by atoms with van der Waals surface area (Å²) < 4.78 is 7.58. The third kappa shape index (κ3) is 2.68.